The Labute approximate surface area is 162 Å². The van der Waals surface area contributed by atoms with Gasteiger partial charge in [0.15, 0.2) is 6.54 Å². The van der Waals surface area contributed by atoms with E-state index in [1.165, 1.54) is 0 Å². The maximum atomic E-state index is 12.6. The van der Waals surface area contributed by atoms with Crippen molar-refractivity contribution >= 4 is 39.1 Å². The zero-order valence-corrected chi connectivity index (χ0v) is 16.7. The number of rotatable bonds is 6. The van der Waals surface area contributed by atoms with Crippen LogP contribution in [0.4, 0.5) is 0 Å². The molecule has 2 atom stereocenters. The highest BCUT2D eigenvalue weighted by Gasteiger charge is 2.22. The lowest BCUT2D eigenvalue weighted by Crippen LogP contribution is -2.87. The highest BCUT2D eigenvalue weighted by molar-refractivity contribution is 7.18. The normalized spacial score (nSPS) is 13.5. The van der Waals surface area contributed by atoms with Gasteiger partial charge in [-0.3, -0.25) is 4.79 Å². The maximum Gasteiger partial charge on any atom is 0.278 e. The predicted octanol–water partition coefficient (Wildman–Crippen LogP) is 3.79. The Morgan fingerprint density at radius 3 is 2.58 bits per heavy atom. The van der Waals surface area contributed by atoms with Gasteiger partial charge in [0.25, 0.3) is 5.91 Å². The minimum atomic E-state index is -0.0425. The van der Waals surface area contributed by atoms with E-state index in [0.717, 1.165) is 25.8 Å². The summed E-state index contributed by atoms with van der Waals surface area (Å²) in [6, 6.07) is 16.0. The molecule has 0 spiro atoms. The Bertz CT molecular complexity index is 860. The number of aromatic nitrogens is 1. The number of amides is 1. The molecule has 0 bridgehead atoms. The van der Waals surface area contributed by atoms with Crippen molar-refractivity contribution in [1.29, 1.82) is 0 Å². The summed E-state index contributed by atoms with van der Waals surface area (Å²) in [5.41, 5.74) is 2.15. The van der Waals surface area contributed by atoms with Crippen LogP contribution in [0.25, 0.3) is 10.2 Å². The number of hydrogen-bond donors (Lipinski definition) is 1. The first-order valence-electron chi connectivity index (χ1n) is 8.65. The topological polar surface area (TPSA) is 49.8 Å². The van der Waals surface area contributed by atoms with Gasteiger partial charge in [-0.05, 0) is 38.1 Å². The lowest BCUT2D eigenvalue weighted by atomic mass is 10.1. The zero-order valence-electron chi connectivity index (χ0n) is 15.1. The molecule has 136 valence electrons. The van der Waals surface area contributed by atoms with Gasteiger partial charge in [0.1, 0.15) is 11.0 Å². The van der Waals surface area contributed by atoms with Crippen molar-refractivity contribution in [3.05, 3.63) is 64.1 Å². The highest BCUT2D eigenvalue weighted by atomic mass is 35.5. The molecule has 2 N–H and O–H groups in total. The maximum absolute atomic E-state index is 12.6. The van der Waals surface area contributed by atoms with E-state index in [9.17, 15) is 4.79 Å². The van der Waals surface area contributed by atoms with Crippen LogP contribution in [0.1, 0.15) is 36.5 Å². The number of hydrogen-bond acceptors (Lipinski definition) is 3. The largest absolute Gasteiger partial charge is 0.333 e. The van der Waals surface area contributed by atoms with Crippen LogP contribution < -0.4 is 5.32 Å². The van der Waals surface area contributed by atoms with E-state index in [1.54, 1.807) is 16.2 Å². The van der Waals surface area contributed by atoms with Crippen molar-refractivity contribution in [2.24, 2.45) is 0 Å². The third kappa shape index (κ3) is 4.23. The van der Waals surface area contributed by atoms with Gasteiger partial charge in [0.2, 0.25) is 0 Å². The lowest BCUT2D eigenvalue weighted by molar-refractivity contribution is -0.683. The second-order valence-electron chi connectivity index (χ2n) is 6.48. The van der Waals surface area contributed by atoms with Crippen LogP contribution in [-0.2, 0) is 4.79 Å². The van der Waals surface area contributed by atoms with Crippen LogP contribution >= 0.6 is 22.9 Å². The Morgan fingerprint density at radius 1 is 1.19 bits per heavy atom. The van der Waals surface area contributed by atoms with Crippen LogP contribution in [0.2, 0.25) is 5.02 Å². The first-order valence-corrected chi connectivity index (χ1v) is 9.85. The van der Waals surface area contributed by atoms with Crippen LogP contribution in [0.3, 0.4) is 0 Å². The van der Waals surface area contributed by atoms with Crippen molar-refractivity contribution in [2.45, 2.75) is 25.9 Å². The summed E-state index contributed by atoms with van der Waals surface area (Å²) in [4.78, 5) is 19.1. The molecule has 0 unspecified atom stereocenters. The van der Waals surface area contributed by atoms with Crippen molar-refractivity contribution in [3.8, 4) is 0 Å². The summed E-state index contributed by atoms with van der Waals surface area (Å²) < 4.78 is 1.15. The molecule has 4 nitrogen and oxygen atoms in total. The van der Waals surface area contributed by atoms with Crippen molar-refractivity contribution in [2.75, 3.05) is 13.6 Å². The highest BCUT2D eigenvalue weighted by Crippen LogP contribution is 2.28. The summed E-state index contributed by atoms with van der Waals surface area (Å²) in [6.07, 6.45) is 0. The van der Waals surface area contributed by atoms with Gasteiger partial charge in [-0.15, -0.1) is 11.3 Å². The molecule has 1 heterocycles. The molecule has 1 aromatic heterocycles. The molecule has 2 aromatic carbocycles. The van der Waals surface area contributed by atoms with Gasteiger partial charge in [0.05, 0.1) is 16.3 Å². The molecule has 0 fully saturated rings. The van der Waals surface area contributed by atoms with Gasteiger partial charge in [0, 0.05) is 17.6 Å². The van der Waals surface area contributed by atoms with E-state index >= 15 is 0 Å². The molecule has 0 radical (unpaired) electrons. The number of carbonyl (C=O) groups excluding carboxylic acids is 1. The number of thiazole rings is 1. The molecule has 3 aromatic rings. The number of nitrogens with zero attached hydrogens (tertiary/aromatic N) is 2. The van der Waals surface area contributed by atoms with E-state index in [0.29, 0.717) is 6.54 Å². The molecule has 0 aliphatic carbocycles. The van der Waals surface area contributed by atoms with Crippen LogP contribution in [0.5, 0.6) is 0 Å². The molecule has 0 aliphatic heterocycles. The molecule has 0 aliphatic rings. The predicted molar refractivity (Wildman–Crippen MR) is 107 cm³/mol. The fourth-order valence-electron chi connectivity index (χ4n) is 2.77. The Hall–Kier alpha value is -1.95. The summed E-state index contributed by atoms with van der Waals surface area (Å²) >= 11 is 7.58. The third-order valence-corrected chi connectivity index (χ3v) is 6.14. The fraction of sp³-hybridized carbons (Fsp3) is 0.300. The SMILES string of the molecule is C[C@H](c1nc2ccccc2s1)N(C)C(=O)C[NH2+][C@H](C)c1ccc(Cl)cc1. The number of fused-ring (bicyclic) bond motifs is 1. The van der Waals surface area contributed by atoms with Crippen LogP contribution in [0, 0.1) is 0 Å². The van der Waals surface area contributed by atoms with Crippen molar-refractivity contribution in [1.82, 2.24) is 9.88 Å². The number of carbonyl (C=O) groups is 1. The average molecular weight is 389 g/mol. The van der Waals surface area contributed by atoms with Gasteiger partial charge in [-0.25, -0.2) is 4.98 Å². The van der Waals surface area contributed by atoms with E-state index in [-0.39, 0.29) is 18.0 Å². The number of para-hydroxylation sites is 1. The smallest absolute Gasteiger partial charge is 0.278 e. The fourth-order valence-corrected chi connectivity index (χ4v) is 3.96. The summed E-state index contributed by atoms with van der Waals surface area (Å²) in [5, 5.41) is 3.74. The van der Waals surface area contributed by atoms with Crippen molar-refractivity contribution in [3.63, 3.8) is 0 Å². The summed E-state index contributed by atoms with van der Waals surface area (Å²) in [6.45, 7) is 4.52. The first-order chi connectivity index (χ1) is 12.5. The first kappa shape index (κ1) is 18.8. The van der Waals surface area contributed by atoms with E-state index < -0.39 is 0 Å². The molecule has 6 heteroatoms. The quantitative estimate of drug-likeness (QED) is 0.698. The summed E-state index contributed by atoms with van der Waals surface area (Å²) in [7, 11) is 1.85. The minimum absolute atomic E-state index is 0.0425. The van der Waals surface area contributed by atoms with Gasteiger partial charge in [-0.1, -0.05) is 35.9 Å². The molecule has 0 saturated carbocycles. The second-order valence-corrected chi connectivity index (χ2v) is 7.98. The number of quaternary nitrogens is 1. The lowest BCUT2D eigenvalue weighted by Gasteiger charge is -2.23. The Balaban J connectivity index is 1.60. The second kappa shape index (κ2) is 8.16. The molecule has 0 saturated heterocycles. The number of halogens is 1. The zero-order chi connectivity index (χ0) is 18.7. The number of benzene rings is 2. The number of nitrogens with two attached hydrogens (primary N) is 1. The van der Waals surface area contributed by atoms with Gasteiger partial charge < -0.3 is 10.2 Å². The molecule has 1 amide bonds. The molecule has 3 rings (SSSR count). The Morgan fingerprint density at radius 2 is 1.88 bits per heavy atom. The van der Waals surface area contributed by atoms with Gasteiger partial charge in [-0.2, -0.15) is 0 Å². The molecule has 26 heavy (non-hydrogen) atoms. The summed E-state index contributed by atoms with van der Waals surface area (Å²) in [5.74, 6) is 0.0950. The standard InChI is InChI=1S/C20H22ClN3OS/c1-13(15-8-10-16(21)11-9-15)22-12-19(25)24(3)14(2)20-23-17-6-4-5-7-18(17)26-20/h4-11,13-14,22H,12H2,1-3H3/p+1/t13-,14-/m1/s1. The van der Waals surface area contributed by atoms with Crippen LogP contribution in [-0.4, -0.2) is 29.4 Å². The van der Waals surface area contributed by atoms with Crippen molar-refractivity contribution < 1.29 is 10.1 Å². The monoisotopic (exact) mass is 388 g/mol. The van der Waals surface area contributed by atoms with E-state index in [4.69, 9.17) is 11.6 Å². The molecular weight excluding hydrogens is 366 g/mol. The van der Waals surface area contributed by atoms with Gasteiger partial charge >= 0.3 is 0 Å². The van der Waals surface area contributed by atoms with Crippen LogP contribution in [0.15, 0.2) is 48.5 Å². The third-order valence-electron chi connectivity index (χ3n) is 4.68. The average Bonchev–Trinajstić information content (AvgIpc) is 3.09. The van der Waals surface area contributed by atoms with E-state index in [2.05, 4.69) is 18.0 Å². The molecular formula is C20H23ClN3OS+. The Kier molecular flexibility index (Phi) is 5.91. The van der Waals surface area contributed by atoms with E-state index in [1.807, 2.05) is 61.8 Å². The number of likely N-dealkylation sites (N-methyl/N-ethyl adjacent to an activating group) is 1. The minimum Gasteiger partial charge on any atom is -0.333 e.